The van der Waals surface area contributed by atoms with Crippen LogP contribution in [0.4, 0.5) is 4.39 Å². The lowest BCUT2D eigenvalue weighted by Gasteiger charge is -2.37. The Balaban J connectivity index is 2.25. The van der Waals surface area contributed by atoms with Crippen molar-refractivity contribution >= 4 is 17.7 Å². The van der Waals surface area contributed by atoms with Crippen molar-refractivity contribution in [1.29, 1.82) is 0 Å². The molecule has 0 bridgehead atoms. The van der Waals surface area contributed by atoms with E-state index in [0.29, 0.717) is 11.8 Å². The van der Waals surface area contributed by atoms with Gasteiger partial charge in [0.05, 0.1) is 5.56 Å². The first kappa shape index (κ1) is 13.2. The summed E-state index contributed by atoms with van der Waals surface area (Å²) in [6.07, 6.45) is 0. The maximum absolute atomic E-state index is 13.7. The van der Waals surface area contributed by atoms with E-state index >= 15 is 0 Å². The summed E-state index contributed by atoms with van der Waals surface area (Å²) in [5, 5.41) is 9.51. The van der Waals surface area contributed by atoms with Crippen molar-refractivity contribution in [2.75, 3.05) is 12.3 Å². The average molecular weight is 269 g/mol. The van der Waals surface area contributed by atoms with E-state index in [4.69, 9.17) is 5.11 Å². The Morgan fingerprint density at radius 3 is 2.89 bits per heavy atom. The van der Waals surface area contributed by atoms with E-state index in [1.165, 1.54) is 12.1 Å². The molecule has 1 amide bonds. The van der Waals surface area contributed by atoms with Crippen molar-refractivity contribution in [1.82, 2.24) is 4.90 Å². The smallest absolute Gasteiger partial charge is 0.257 e. The molecule has 1 aromatic rings. The molecule has 1 heterocycles. The average Bonchev–Trinajstić information content (AvgIpc) is 2.32. The van der Waals surface area contributed by atoms with Gasteiger partial charge >= 0.3 is 0 Å². The van der Waals surface area contributed by atoms with E-state index in [1.807, 2.05) is 18.7 Å². The molecule has 1 fully saturated rings. The van der Waals surface area contributed by atoms with Gasteiger partial charge in [0.2, 0.25) is 0 Å². The fraction of sp³-hybridized carbons (Fsp3) is 0.462. The lowest BCUT2D eigenvalue weighted by Crippen LogP contribution is -2.48. The standard InChI is InChI=1S/C13H16FNO2S/c1-8-9(2)18-6-5-15(8)13(17)11-4-3-10(16)7-12(11)14/h3-4,7-9,16H,5-6H2,1-2H3. The molecule has 1 aromatic carbocycles. The fourth-order valence-corrected chi connectivity index (χ4v) is 3.15. The van der Waals surface area contributed by atoms with Crippen molar-refractivity contribution in [2.24, 2.45) is 0 Å². The molecule has 2 unspecified atom stereocenters. The van der Waals surface area contributed by atoms with Crippen LogP contribution < -0.4 is 0 Å². The normalized spacial score (nSPS) is 24.1. The van der Waals surface area contributed by atoms with E-state index in [0.717, 1.165) is 11.8 Å². The van der Waals surface area contributed by atoms with E-state index < -0.39 is 5.82 Å². The summed E-state index contributed by atoms with van der Waals surface area (Å²) in [6, 6.07) is 3.74. The van der Waals surface area contributed by atoms with Gasteiger partial charge in [-0.1, -0.05) is 6.92 Å². The molecule has 1 saturated heterocycles. The largest absolute Gasteiger partial charge is 0.508 e. The minimum Gasteiger partial charge on any atom is -0.508 e. The maximum atomic E-state index is 13.7. The number of amides is 1. The molecule has 1 aliphatic heterocycles. The highest BCUT2D eigenvalue weighted by atomic mass is 32.2. The third-order valence-electron chi connectivity index (χ3n) is 3.33. The van der Waals surface area contributed by atoms with Crippen LogP contribution in [0.3, 0.4) is 0 Å². The Morgan fingerprint density at radius 2 is 2.22 bits per heavy atom. The van der Waals surface area contributed by atoms with Crippen molar-refractivity contribution in [3.63, 3.8) is 0 Å². The van der Waals surface area contributed by atoms with Gasteiger partial charge in [0, 0.05) is 29.7 Å². The number of phenolic OH excluding ortho intramolecular Hbond substituents is 1. The molecule has 2 rings (SSSR count). The molecule has 0 saturated carbocycles. The Labute approximate surface area is 110 Å². The molecular weight excluding hydrogens is 253 g/mol. The molecule has 0 spiro atoms. The number of carbonyl (C=O) groups excluding carboxylic acids is 1. The number of nitrogens with zero attached hydrogens (tertiary/aromatic N) is 1. The van der Waals surface area contributed by atoms with Gasteiger partial charge in [-0.2, -0.15) is 11.8 Å². The van der Waals surface area contributed by atoms with Crippen LogP contribution in [0.15, 0.2) is 18.2 Å². The minimum absolute atomic E-state index is 0.0266. The SMILES string of the molecule is CC1SCCN(C(=O)c2ccc(O)cc2F)C1C. The summed E-state index contributed by atoms with van der Waals surface area (Å²) in [5.74, 6) is -0.262. The number of thioether (sulfide) groups is 1. The fourth-order valence-electron chi connectivity index (χ4n) is 2.05. The molecule has 5 heteroatoms. The molecule has 98 valence electrons. The third-order valence-corrected chi connectivity index (χ3v) is 4.67. The molecule has 1 N–H and O–H groups in total. The van der Waals surface area contributed by atoms with Crippen LogP contribution >= 0.6 is 11.8 Å². The van der Waals surface area contributed by atoms with Crippen molar-refractivity contribution in [3.8, 4) is 5.75 Å². The number of halogens is 1. The molecule has 2 atom stereocenters. The molecule has 0 radical (unpaired) electrons. The minimum atomic E-state index is -0.668. The van der Waals surface area contributed by atoms with Gasteiger partial charge in [0.15, 0.2) is 0 Å². The van der Waals surface area contributed by atoms with E-state index in [9.17, 15) is 9.18 Å². The Hall–Kier alpha value is -1.23. The molecule has 1 aliphatic rings. The van der Waals surface area contributed by atoms with Crippen LogP contribution in [0.5, 0.6) is 5.75 Å². The van der Waals surface area contributed by atoms with Gasteiger partial charge in [-0.25, -0.2) is 4.39 Å². The Bertz CT molecular complexity index is 466. The van der Waals surface area contributed by atoms with E-state index in [1.54, 1.807) is 4.90 Å². The summed E-state index contributed by atoms with van der Waals surface area (Å²) >= 11 is 1.82. The van der Waals surface area contributed by atoms with Crippen LogP contribution in [-0.4, -0.2) is 39.5 Å². The van der Waals surface area contributed by atoms with Crippen LogP contribution in [0.1, 0.15) is 24.2 Å². The summed E-state index contributed by atoms with van der Waals surface area (Å²) in [5.41, 5.74) is 0.0266. The van der Waals surface area contributed by atoms with Crippen LogP contribution in [-0.2, 0) is 0 Å². The number of hydrogen-bond donors (Lipinski definition) is 1. The third kappa shape index (κ3) is 2.46. The lowest BCUT2D eigenvalue weighted by atomic mass is 10.1. The van der Waals surface area contributed by atoms with Crippen LogP contribution in [0.2, 0.25) is 0 Å². The zero-order valence-corrected chi connectivity index (χ0v) is 11.2. The van der Waals surface area contributed by atoms with Gasteiger partial charge < -0.3 is 10.0 Å². The first-order chi connectivity index (χ1) is 8.50. The summed E-state index contributed by atoms with van der Waals surface area (Å²) in [7, 11) is 0. The highest BCUT2D eigenvalue weighted by molar-refractivity contribution is 8.00. The number of hydrogen-bond acceptors (Lipinski definition) is 3. The summed E-state index contributed by atoms with van der Waals surface area (Å²) in [6.45, 7) is 4.68. The quantitative estimate of drug-likeness (QED) is 0.851. The number of aromatic hydroxyl groups is 1. The second-order valence-electron chi connectivity index (χ2n) is 4.48. The highest BCUT2D eigenvalue weighted by Gasteiger charge is 2.30. The predicted octanol–water partition coefficient (Wildman–Crippen LogP) is 2.50. The predicted molar refractivity (Wildman–Crippen MR) is 70.5 cm³/mol. The maximum Gasteiger partial charge on any atom is 0.257 e. The topological polar surface area (TPSA) is 40.5 Å². The lowest BCUT2D eigenvalue weighted by molar-refractivity contribution is 0.0693. The monoisotopic (exact) mass is 269 g/mol. The van der Waals surface area contributed by atoms with Gasteiger partial charge in [-0.15, -0.1) is 0 Å². The number of carbonyl (C=O) groups is 1. The molecule has 0 aromatic heterocycles. The second kappa shape index (κ2) is 5.18. The van der Waals surface area contributed by atoms with Gasteiger partial charge in [-0.05, 0) is 19.1 Å². The Kier molecular flexibility index (Phi) is 3.80. The Morgan fingerprint density at radius 1 is 1.50 bits per heavy atom. The highest BCUT2D eigenvalue weighted by Crippen LogP contribution is 2.26. The van der Waals surface area contributed by atoms with Gasteiger partial charge in [0.1, 0.15) is 11.6 Å². The molecular formula is C13H16FNO2S. The first-order valence-electron chi connectivity index (χ1n) is 5.92. The zero-order chi connectivity index (χ0) is 13.3. The van der Waals surface area contributed by atoms with E-state index in [2.05, 4.69) is 6.92 Å². The number of phenols is 1. The summed E-state index contributed by atoms with van der Waals surface area (Å²) in [4.78, 5) is 14.0. The summed E-state index contributed by atoms with van der Waals surface area (Å²) < 4.78 is 13.7. The van der Waals surface area contributed by atoms with Crippen LogP contribution in [0.25, 0.3) is 0 Å². The molecule has 0 aliphatic carbocycles. The van der Waals surface area contributed by atoms with Gasteiger partial charge in [0.25, 0.3) is 5.91 Å². The van der Waals surface area contributed by atoms with Crippen molar-refractivity contribution < 1.29 is 14.3 Å². The zero-order valence-electron chi connectivity index (χ0n) is 10.4. The van der Waals surface area contributed by atoms with Crippen molar-refractivity contribution in [2.45, 2.75) is 25.1 Å². The second-order valence-corrected chi connectivity index (χ2v) is 5.96. The first-order valence-corrected chi connectivity index (χ1v) is 6.96. The number of rotatable bonds is 1. The van der Waals surface area contributed by atoms with Gasteiger partial charge in [-0.3, -0.25) is 4.79 Å². The number of benzene rings is 1. The van der Waals surface area contributed by atoms with E-state index in [-0.39, 0.29) is 23.3 Å². The molecule has 3 nitrogen and oxygen atoms in total. The van der Waals surface area contributed by atoms with Crippen LogP contribution in [0, 0.1) is 5.82 Å². The van der Waals surface area contributed by atoms with Crippen molar-refractivity contribution in [3.05, 3.63) is 29.6 Å². The molecule has 18 heavy (non-hydrogen) atoms.